The predicted octanol–water partition coefficient (Wildman–Crippen LogP) is 15.7. The lowest BCUT2D eigenvalue weighted by molar-refractivity contribution is 1.06. The van der Waals surface area contributed by atoms with Crippen molar-refractivity contribution in [3.05, 3.63) is 224 Å². The maximum Gasteiger partial charge on any atom is 0.166 e. The zero-order valence-corrected chi connectivity index (χ0v) is 35.6. The molecule has 0 atom stereocenters. The van der Waals surface area contributed by atoms with E-state index < -0.39 is 0 Å². The first kappa shape index (κ1) is 36.5. The Labute approximate surface area is 379 Å². The maximum absolute atomic E-state index is 5.34. The van der Waals surface area contributed by atoms with Gasteiger partial charge in [0.05, 0.1) is 27.8 Å². The lowest BCUT2D eigenvalue weighted by Gasteiger charge is -2.15. The number of aromatic nitrogens is 5. The molecule has 306 valence electrons. The molecule has 0 spiro atoms. The van der Waals surface area contributed by atoms with Crippen molar-refractivity contribution in [2.75, 3.05) is 0 Å². The number of para-hydroxylation sites is 2. The average Bonchev–Trinajstić information content (AvgIpc) is 3.90. The Bertz CT molecular complexity index is 4290. The van der Waals surface area contributed by atoms with E-state index in [1.54, 1.807) is 0 Å². The molecule has 0 saturated carbocycles. The van der Waals surface area contributed by atoms with Crippen molar-refractivity contribution in [2.45, 2.75) is 0 Å². The SMILES string of the molecule is c1ccc(-c2nc(-c3ccc4c(ccc5ccccc54)c3)nc(-c3ccccc3-n3c4ccc(-n5c6ccccc6c6ccc7ccccc7c65)cc4c4cc5ccccc5cc43)n2)cc1. The smallest absolute Gasteiger partial charge is 0.166 e. The van der Waals surface area contributed by atoms with E-state index in [9.17, 15) is 0 Å². The normalized spacial score (nSPS) is 11.9. The second-order valence-electron chi connectivity index (χ2n) is 17.2. The zero-order chi connectivity index (χ0) is 43.3. The van der Waals surface area contributed by atoms with Crippen LogP contribution >= 0.6 is 0 Å². The Balaban J connectivity index is 1.02. The number of nitrogens with zero attached hydrogens (tertiary/aromatic N) is 5. The van der Waals surface area contributed by atoms with Gasteiger partial charge in [-0.15, -0.1) is 0 Å². The standard InChI is InChI=1S/C61H37N5/c1-2-16-40(17-3-1)59-62-60(44-29-31-47-43(34-44)27-26-38-14-6-8-20-46(38)47)64-61(63-59)51-23-11-13-25-55(51)66-56-33-30-45(37-53(56)52-35-41-18-4-5-19-42(41)36-57(52)66)65-54-24-12-10-22-49(54)50-32-28-39-15-7-9-21-48(39)58(50)65/h1-37H. The van der Waals surface area contributed by atoms with Gasteiger partial charge in [-0.05, 0) is 92.3 Å². The van der Waals surface area contributed by atoms with Gasteiger partial charge in [0.15, 0.2) is 17.5 Å². The fraction of sp³-hybridized carbons (Fsp3) is 0. The monoisotopic (exact) mass is 839 g/mol. The molecule has 5 heteroatoms. The molecule has 0 amide bonds. The first-order valence-electron chi connectivity index (χ1n) is 22.4. The minimum Gasteiger partial charge on any atom is -0.309 e. The van der Waals surface area contributed by atoms with Gasteiger partial charge in [-0.3, -0.25) is 0 Å². The Hall–Kier alpha value is -8.93. The molecule has 0 bridgehead atoms. The molecular weight excluding hydrogens is 803 g/mol. The average molecular weight is 840 g/mol. The highest BCUT2D eigenvalue weighted by molar-refractivity contribution is 6.20. The second-order valence-corrected chi connectivity index (χ2v) is 17.2. The molecule has 0 aliphatic carbocycles. The van der Waals surface area contributed by atoms with E-state index in [1.807, 2.05) is 18.2 Å². The van der Waals surface area contributed by atoms with Crippen LogP contribution in [0.1, 0.15) is 0 Å². The molecule has 0 aliphatic rings. The Morgan fingerprint density at radius 3 is 1.70 bits per heavy atom. The van der Waals surface area contributed by atoms with Crippen LogP contribution in [0.5, 0.6) is 0 Å². The predicted molar refractivity (Wildman–Crippen MR) is 275 cm³/mol. The van der Waals surface area contributed by atoms with Gasteiger partial charge in [0.2, 0.25) is 0 Å². The summed E-state index contributed by atoms with van der Waals surface area (Å²) in [6.07, 6.45) is 0. The molecule has 66 heavy (non-hydrogen) atoms. The summed E-state index contributed by atoms with van der Waals surface area (Å²) < 4.78 is 4.86. The summed E-state index contributed by atoms with van der Waals surface area (Å²) in [6.45, 7) is 0. The molecule has 14 aromatic rings. The third-order valence-electron chi connectivity index (χ3n) is 13.5. The summed E-state index contributed by atoms with van der Waals surface area (Å²) in [5.41, 5.74) is 9.49. The Morgan fingerprint density at radius 1 is 0.273 bits per heavy atom. The zero-order valence-electron chi connectivity index (χ0n) is 35.6. The molecule has 0 unspecified atom stereocenters. The second kappa shape index (κ2) is 14.3. The van der Waals surface area contributed by atoms with E-state index in [1.165, 1.54) is 70.3 Å². The van der Waals surface area contributed by atoms with Crippen molar-refractivity contribution in [2.24, 2.45) is 0 Å². The van der Waals surface area contributed by atoms with Gasteiger partial charge in [-0.25, -0.2) is 15.0 Å². The Morgan fingerprint density at radius 2 is 0.848 bits per heavy atom. The molecule has 3 heterocycles. The quantitative estimate of drug-likeness (QED) is 0.162. The van der Waals surface area contributed by atoms with E-state index >= 15 is 0 Å². The third-order valence-corrected chi connectivity index (χ3v) is 13.5. The van der Waals surface area contributed by atoms with Gasteiger partial charge in [-0.2, -0.15) is 0 Å². The summed E-state index contributed by atoms with van der Waals surface area (Å²) in [4.78, 5) is 15.8. The fourth-order valence-electron chi connectivity index (χ4n) is 10.4. The van der Waals surface area contributed by atoms with Crippen LogP contribution in [-0.4, -0.2) is 24.1 Å². The molecule has 0 N–H and O–H groups in total. The van der Waals surface area contributed by atoms with Crippen LogP contribution in [0.4, 0.5) is 0 Å². The van der Waals surface area contributed by atoms with E-state index in [4.69, 9.17) is 15.0 Å². The number of rotatable bonds is 5. The van der Waals surface area contributed by atoms with Crippen molar-refractivity contribution in [3.8, 4) is 45.5 Å². The molecule has 0 saturated heterocycles. The van der Waals surface area contributed by atoms with Gasteiger partial charge in [0.1, 0.15) is 0 Å². The van der Waals surface area contributed by atoms with Crippen molar-refractivity contribution < 1.29 is 0 Å². The van der Waals surface area contributed by atoms with Crippen molar-refractivity contribution >= 4 is 86.7 Å². The van der Waals surface area contributed by atoms with E-state index in [2.05, 4.69) is 215 Å². The first-order chi connectivity index (χ1) is 32.7. The van der Waals surface area contributed by atoms with Crippen molar-refractivity contribution in [1.82, 2.24) is 24.1 Å². The minimum absolute atomic E-state index is 0.609. The topological polar surface area (TPSA) is 48.5 Å². The van der Waals surface area contributed by atoms with Crippen LogP contribution in [-0.2, 0) is 0 Å². The lowest BCUT2D eigenvalue weighted by atomic mass is 10.00. The van der Waals surface area contributed by atoms with Gasteiger partial charge in [0.25, 0.3) is 0 Å². The molecule has 0 fully saturated rings. The van der Waals surface area contributed by atoms with Crippen LogP contribution in [0.25, 0.3) is 132 Å². The summed E-state index contributed by atoms with van der Waals surface area (Å²) in [7, 11) is 0. The fourth-order valence-corrected chi connectivity index (χ4v) is 10.4. The molecule has 3 aromatic heterocycles. The summed E-state index contributed by atoms with van der Waals surface area (Å²) in [5.74, 6) is 1.86. The summed E-state index contributed by atoms with van der Waals surface area (Å²) in [6, 6.07) is 80.6. The largest absolute Gasteiger partial charge is 0.309 e. The number of hydrogen-bond acceptors (Lipinski definition) is 3. The molecular formula is C61H37N5. The molecule has 0 aliphatic heterocycles. The Kier molecular flexibility index (Phi) is 7.91. The third kappa shape index (κ3) is 5.57. The molecule has 14 rings (SSSR count). The van der Waals surface area contributed by atoms with Crippen molar-refractivity contribution in [3.63, 3.8) is 0 Å². The van der Waals surface area contributed by atoms with Gasteiger partial charge in [0, 0.05) is 49.3 Å². The molecule has 5 nitrogen and oxygen atoms in total. The van der Waals surface area contributed by atoms with Gasteiger partial charge in [-0.1, -0.05) is 170 Å². The molecule has 0 radical (unpaired) electrons. The first-order valence-corrected chi connectivity index (χ1v) is 22.4. The summed E-state index contributed by atoms with van der Waals surface area (Å²) in [5, 5.41) is 14.5. The number of fused-ring (bicyclic) bond motifs is 12. The number of hydrogen-bond donors (Lipinski definition) is 0. The maximum atomic E-state index is 5.34. The highest BCUT2D eigenvalue weighted by atomic mass is 15.1. The highest BCUT2D eigenvalue weighted by Crippen LogP contribution is 2.42. The van der Waals surface area contributed by atoms with Crippen molar-refractivity contribution in [1.29, 1.82) is 0 Å². The van der Waals surface area contributed by atoms with Crippen LogP contribution in [0.2, 0.25) is 0 Å². The van der Waals surface area contributed by atoms with Crippen LogP contribution < -0.4 is 0 Å². The van der Waals surface area contributed by atoms with Gasteiger partial charge < -0.3 is 9.13 Å². The number of benzene rings is 11. The van der Waals surface area contributed by atoms with Gasteiger partial charge >= 0.3 is 0 Å². The lowest BCUT2D eigenvalue weighted by Crippen LogP contribution is -2.03. The van der Waals surface area contributed by atoms with E-state index in [-0.39, 0.29) is 0 Å². The summed E-state index contributed by atoms with van der Waals surface area (Å²) >= 11 is 0. The highest BCUT2D eigenvalue weighted by Gasteiger charge is 2.22. The van der Waals surface area contributed by atoms with E-state index in [0.29, 0.717) is 17.5 Å². The van der Waals surface area contributed by atoms with Crippen LogP contribution in [0, 0.1) is 0 Å². The van der Waals surface area contributed by atoms with E-state index in [0.717, 1.165) is 44.5 Å². The van der Waals surface area contributed by atoms with Crippen LogP contribution in [0.15, 0.2) is 224 Å². The molecule has 11 aromatic carbocycles. The minimum atomic E-state index is 0.609. The van der Waals surface area contributed by atoms with Crippen LogP contribution in [0.3, 0.4) is 0 Å².